The second kappa shape index (κ2) is 5.52. The van der Waals surface area contributed by atoms with Crippen LogP contribution in [0, 0.1) is 5.41 Å². The van der Waals surface area contributed by atoms with Crippen molar-refractivity contribution in [3.05, 3.63) is 30.1 Å². The summed E-state index contributed by atoms with van der Waals surface area (Å²) in [5.74, 6) is 0.217. The average Bonchev–Trinajstić information content (AvgIpc) is 2.79. The molecule has 1 amide bonds. The van der Waals surface area contributed by atoms with Crippen molar-refractivity contribution in [1.29, 1.82) is 0 Å². The van der Waals surface area contributed by atoms with Gasteiger partial charge >= 0.3 is 0 Å². The van der Waals surface area contributed by atoms with Crippen molar-refractivity contribution in [2.75, 3.05) is 19.6 Å². The molecule has 1 atom stereocenters. The van der Waals surface area contributed by atoms with Gasteiger partial charge in [-0.3, -0.25) is 9.78 Å². The van der Waals surface area contributed by atoms with E-state index in [-0.39, 0.29) is 5.91 Å². The standard InChI is InChI=1S/C16H23N3O/c1-13(20)19-12-16(4-7-17-8-5-16)10-15(19)9-14-3-2-6-18-11-14/h2-3,6,11,15,17H,4-5,7-10,12H2,1H3. The van der Waals surface area contributed by atoms with Gasteiger partial charge in [-0.15, -0.1) is 0 Å². The Morgan fingerprint density at radius 2 is 2.30 bits per heavy atom. The molecule has 2 saturated heterocycles. The number of aromatic nitrogens is 1. The van der Waals surface area contributed by atoms with Crippen LogP contribution < -0.4 is 5.32 Å². The van der Waals surface area contributed by atoms with E-state index in [9.17, 15) is 4.79 Å². The van der Waals surface area contributed by atoms with Crippen LogP contribution in [0.1, 0.15) is 31.7 Å². The van der Waals surface area contributed by atoms with Gasteiger partial charge in [-0.05, 0) is 55.8 Å². The fourth-order valence-electron chi connectivity index (χ4n) is 3.83. The Hall–Kier alpha value is -1.42. The van der Waals surface area contributed by atoms with Crippen LogP contribution in [-0.4, -0.2) is 41.5 Å². The summed E-state index contributed by atoms with van der Waals surface area (Å²) >= 11 is 0. The molecule has 108 valence electrons. The molecule has 1 unspecified atom stereocenters. The Labute approximate surface area is 120 Å². The molecule has 2 aliphatic rings. The van der Waals surface area contributed by atoms with E-state index in [1.54, 1.807) is 13.1 Å². The summed E-state index contributed by atoms with van der Waals surface area (Å²) in [6, 6.07) is 4.43. The molecule has 1 aromatic heterocycles. The Balaban J connectivity index is 1.76. The maximum Gasteiger partial charge on any atom is 0.219 e. The predicted molar refractivity (Wildman–Crippen MR) is 78.3 cm³/mol. The molecule has 1 aromatic rings. The molecule has 3 rings (SSSR count). The van der Waals surface area contributed by atoms with Crippen molar-refractivity contribution in [3.8, 4) is 0 Å². The van der Waals surface area contributed by atoms with Crippen molar-refractivity contribution in [3.63, 3.8) is 0 Å². The zero-order valence-electron chi connectivity index (χ0n) is 12.1. The predicted octanol–water partition coefficient (Wildman–Crippen LogP) is 1.61. The van der Waals surface area contributed by atoms with Gasteiger partial charge in [0.2, 0.25) is 5.91 Å². The number of nitrogens with one attached hydrogen (secondary N) is 1. The van der Waals surface area contributed by atoms with Crippen molar-refractivity contribution < 1.29 is 4.79 Å². The molecule has 0 aromatic carbocycles. The van der Waals surface area contributed by atoms with Crippen molar-refractivity contribution in [2.45, 2.75) is 38.6 Å². The van der Waals surface area contributed by atoms with Crippen LogP contribution in [0.3, 0.4) is 0 Å². The monoisotopic (exact) mass is 273 g/mol. The highest BCUT2D eigenvalue weighted by molar-refractivity contribution is 5.74. The summed E-state index contributed by atoms with van der Waals surface area (Å²) < 4.78 is 0. The lowest BCUT2D eigenvalue weighted by Gasteiger charge is -2.33. The first kappa shape index (κ1) is 13.6. The zero-order chi connectivity index (χ0) is 14.0. The third-order valence-electron chi connectivity index (χ3n) is 4.88. The number of amides is 1. The second-order valence-corrected chi connectivity index (χ2v) is 6.32. The summed E-state index contributed by atoms with van der Waals surface area (Å²) in [5, 5.41) is 3.43. The van der Waals surface area contributed by atoms with Gasteiger partial charge in [-0.25, -0.2) is 0 Å². The maximum absolute atomic E-state index is 12.0. The minimum absolute atomic E-state index is 0.217. The van der Waals surface area contributed by atoms with E-state index in [0.717, 1.165) is 32.5 Å². The third-order valence-corrected chi connectivity index (χ3v) is 4.88. The van der Waals surface area contributed by atoms with Crippen LogP contribution in [0.5, 0.6) is 0 Å². The number of piperidine rings is 1. The number of nitrogens with zero attached hydrogens (tertiary/aromatic N) is 2. The number of carbonyl (C=O) groups excluding carboxylic acids is 1. The molecule has 0 saturated carbocycles. The van der Waals surface area contributed by atoms with Crippen LogP contribution in [0.25, 0.3) is 0 Å². The summed E-state index contributed by atoms with van der Waals surface area (Å²) in [6.45, 7) is 4.82. The van der Waals surface area contributed by atoms with Crippen LogP contribution >= 0.6 is 0 Å². The van der Waals surface area contributed by atoms with Gasteiger partial charge in [0.1, 0.15) is 0 Å². The fraction of sp³-hybridized carbons (Fsp3) is 0.625. The summed E-state index contributed by atoms with van der Waals surface area (Å²) in [5.41, 5.74) is 1.58. The van der Waals surface area contributed by atoms with Gasteiger partial charge in [0.05, 0.1) is 0 Å². The molecule has 20 heavy (non-hydrogen) atoms. The van der Waals surface area contributed by atoms with E-state index in [1.165, 1.54) is 18.4 Å². The van der Waals surface area contributed by atoms with Gasteiger partial charge in [-0.2, -0.15) is 0 Å². The summed E-state index contributed by atoms with van der Waals surface area (Å²) in [4.78, 5) is 18.3. The third kappa shape index (κ3) is 2.70. The molecule has 3 heterocycles. The molecular formula is C16H23N3O. The van der Waals surface area contributed by atoms with E-state index < -0.39 is 0 Å². The van der Waals surface area contributed by atoms with Gasteiger partial charge in [0.25, 0.3) is 0 Å². The van der Waals surface area contributed by atoms with Crippen LogP contribution in [0.15, 0.2) is 24.5 Å². The molecule has 4 heteroatoms. The molecule has 2 fully saturated rings. The van der Waals surface area contributed by atoms with E-state index in [2.05, 4.69) is 21.3 Å². The van der Waals surface area contributed by atoms with Crippen molar-refractivity contribution in [2.24, 2.45) is 5.41 Å². The Morgan fingerprint density at radius 1 is 1.50 bits per heavy atom. The molecule has 2 aliphatic heterocycles. The molecule has 1 spiro atoms. The molecule has 1 N–H and O–H groups in total. The molecule has 0 radical (unpaired) electrons. The highest BCUT2D eigenvalue weighted by Gasteiger charge is 2.45. The number of pyridine rings is 1. The van der Waals surface area contributed by atoms with Gasteiger partial charge in [0, 0.05) is 31.9 Å². The largest absolute Gasteiger partial charge is 0.339 e. The van der Waals surface area contributed by atoms with Crippen molar-refractivity contribution >= 4 is 5.91 Å². The first-order valence-corrected chi connectivity index (χ1v) is 7.55. The molecule has 0 bridgehead atoms. The topological polar surface area (TPSA) is 45.2 Å². The number of likely N-dealkylation sites (tertiary alicyclic amines) is 1. The van der Waals surface area contributed by atoms with Gasteiger partial charge in [-0.1, -0.05) is 6.07 Å². The second-order valence-electron chi connectivity index (χ2n) is 6.32. The van der Waals surface area contributed by atoms with Crippen LogP contribution in [0.4, 0.5) is 0 Å². The highest BCUT2D eigenvalue weighted by atomic mass is 16.2. The van der Waals surface area contributed by atoms with E-state index >= 15 is 0 Å². The lowest BCUT2D eigenvalue weighted by molar-refractivity contribution is -0.130. The average molecular weight is 273 g/mol. The molecule has 4 nitrogen and oxygen atoms in total. The van der Waals surface area contributed by atoms with E-state index in [4.69, 9.17) is 0 Å². The minimum Gasteiger partial charge on any atom is -0.339 e. The Morgan fingerprint density at radius 3 is 2.95 bits per heavy atom. The van der Waals surface area contributed by atoms with Gasteiger partial charge in [0.15, 0.2) is 0 Å². The quantitative estimate of drug-likeness (QED) is 0.890. The van der Waals surface area contributed by atoms with Crippen molar-refractivity contribution in [1.82, 2.24) is 15.2 Å². The minimum atomic E-state index is 0.217. The van der Waals surface area contributed by atoms with Gasteiger partial charge < -0.3 is 10.2 Å². The first-order chi connectivity index (χ1) is 9.69. The lowest BCUT2D eigenvalue weighted by Crippen LogP contribution is -2.39. The number of hydrogen-bond donors (Lipinski definition) is 1. The summed E-state index contributed by atoms with van der Waals surface area (Å²) in [7, 11) is 0. The molecular weight excluding hydrogens is 250 g/mol. The highest BCUT2D eigenvalue weighted by Crippen LogP contribution is 2.42. The maximum atomic E-state index is 12.0. The number of carbonyl (C=O) groups is 1. The number of rotatable bonds is 2. The lowest BCUT2D eigenvalue weighted by atomic mass is 9.77. The smallest absolute Gasteiger partial charge is 0.219 e. The first-order valence-electron chi connectivity index (χ1n) is 7.55. The Bertz CT molecular complexity index is 468. The fourth-order valence-corrected chi connectivity index (χ4v) is 3.83. The normalized spacial score (nSPS) is 25.1. The van der Waals surface area contributed by atoms with E-state index in [1.807, 2.05) is 12.3 Å². The number of hydrogen-bond acceptors (Lipinski definition) is 3. The van der Waals surface area contributed by atoms with Crippen LogP contribution in [-0.2, 0) is 11.2 Å². The Kier molecular flexibility index (Phi) is 3.74. The van der Waals surface area contributed by atoms with E-state index in [0.29, 0.717) is 11.5 Å². The SMILES string of the molecule is CC(=O)N1CC2(CCNCC2)CC1Cc1cccnc1. The summed E-state index contributed by atoms with van der Waals surface area (Å²) in [6.07, 6.45) is 8.19. The van der Waals surface area contributed by atoms with Crippen LogP contribution in [0.2, 0.25) is 0 Å². The zero-order valence-corrected chi connectivity index (χ0v) is 12.1. The molecule has 0 aliphatic carbocycles.